The molecule has 17 heavy (non-hydrogen) atoms. The number of hydrogen-bond acceptors (Lipinski definition) is 3. The van der Waals surface area contributed by atoms with Gasteiger partial charge in [-0.2, -0.15) is 4.98 Å². The molecule has 2 aromatic rings. The summed E-state index contributed by atoms with van der Waals surface area (Å²) in [7, 11) is 1.64. The van der Waals surface area contributed by atoms with Gasteiger partial charge in [-0.1, -0.05) is 18.1 Å². The first kappa shape index (κ1) is 11.2. The predicted molar refractivity (Wildman–Crippen MR) is 65.9 cm³/mol. The van der Waals surface area contributed by atoms with Gasteiger partial charge in [-0.3, -0.25) is 9.36 Å². The lowest BCUT2D eigenvalue weighted by molar-refractivity contribution is 0.322. The third-order valence-corrected chi connectivity index (χ3v) is 2.39. The quantitative estimate of drug-likeness (QED) is 0.728. The second kappa shape index (κ2) is 4.71. The highest BCUT2D eigenvalue weighted by molar-refractivity contribution is 5.77. The van der Waals surface area contributed by atoms with E-state index in [4.69, 9.17) is 4.74 Å². The molecule has 2 rings (SSSR count). The maximum absolute atomic E-state index is 12.0. The fraction of sp³-hybridized carbons (Fsp3) is 0.231. The van der Waals surface area contributed by atoms with Gasteiger partial charge in [-0.15, -0.1) is 5.92 Å². The lowest BCUT2D eigenvalue weighted by atomic mass is 10.2. The highest BCUT2D eigenvalue weighted by atomic mass is 16.5. The number of para-hydroxylation sites is 1. The molecule has 0 aliphatic heterocycles. The highest BCUT2D eigenvalue weighted by Crippen LogP contribution is 2.11. The van der Waals surface area contributed by atoms with Gasteiger partial charge in [0.2, 0.25) is 0 Å². The van der Waals surface area contributed by atoms with Crippen LogP contribution in [-0.2, 0) is 7.05 Å². The third-order valence-electron chi connectivity index (χ3n) is 2.39. The first-order valence-corrected chi connectivity index (χ1v) is 5.22. The summed E-state index contributed by atoms with van der Waals surface area (Å²) >= 11 is 0. The summed E-state index contributed by atoms with van der Waals surface area (Å²) < 4.78 is 6.73. The standard InChI is InChI=1S/C13H12N2O2/c1-3-4-9-17-13-14-11-8-6-5-7-10(11)12(16)15(13)2/h5-8H,9H2,1-2H3. The van der Waals surface area contributed by atoms with E-state index in [1.807, 2.05) is 12.1 Å². The van der Waals surface area contributed by atoms with E-state index in [1.165, 1.54) is 4.57 Å². The first-order valence-electron chi connectivity index (χ1n) is 5.22. The van der Waals surface area contributed by atoms with E-state index in [2.05, 4.69) is 16.8 Å². The van der Waals surface area contributed by atoms with Gasteiger partial charge < -0.3 is 4.74 Å². The molecule has 0 aliphatic rings. The summed E-state index contributed by atoms with van der Waals surface area (Å²) in [6.07, 6.45) is 0. The van der Waals surface area contributed by atoms with Gasteiger partial charge >= 0.3 is 0 Å². The summed E-state index contributed by atoms with van der Waals surface area (Å²) in [5, 5.41) is 0.587. The lowest BCUT2D eigenvalue weighted by Gasteiger charge is -2.07. The van der Waals surface area contributed by atoms with Crippen molar-refractivity contribution >= 4 is 10.9 Å². The molecule has 0 atom stereocenters. The maximum atomic E-state index is 12.0. The van der Waals surface area contributed by atoms with Crippen LogP contribution in [0.25, 0.3) is 10.9 Å². The number of rotatable bonds is 2. The van der Waals surface area contributed by atoms with Gasteiger partial charge in [0.25, 0.3) is 11.6 Å². The van der Waals surface area contributed by atoms with Crippen LogP contribution in [-0.4, -0.2) is 16.2 Å². The fourth-order valence-electron chi connectivity index (χ4n) is 1.50. The van der Waals surface area contributed by atoms with Gasteiger partial charge in [0.1, 0.15) is 0 Å². The van der Waals surface area contributed by atoms with Crippen molar-refractivity contribution in [1.29, 1.82) is 0 Å². The van der Waals surface area contributed by atoms with Crippen LogP contribution in [0.5, 0.6) is 6.01 Å². The van der Waals surface area contributed by atoms with Crippen molar-refractivity contribution in [2.75, 3.05) is 6.61 Å². The Kier molecular flexibility index (Phi) is 3.10. The van der Waals surface area contributed by atoms with Crippen LogP contribution in [0.1, 0.15) is 6.92 Å². The largest absolute Gasteiger partial charge is 0.451 e. The van der Waals surface area contributed by atoms with Gasteiger partial charge in [-0.25, -0.2) is 0 Å². The molecule has 0 spiro atoms. The zero-order valence-electron chi connectivity index (χ0n) is 9.73. The van der Waals surface area contributed by atoms with E-state index in [9.17, 15) is 4.79 Å². The van der Waals surface area contributed by atoms with Crippen LogP contribution in [0, 0.1) is 11.8 Å². The number of hydrogen-bond donors (Lipinski definition) is 0. The Balaban J connectivity index is 2.52. The molecule has 0 saturated carbocycles. The summed E-state index contributed by atoms with van der Waals surface area (Å²) in [6.45, 7) is 1.96. The molecule has 0 saturated heterocycles. The molecule has 0 unspecified atom stereocenters. The normalized spacial score (nSPS) is 9.76. The maximum Gasteiger partial charge on any atom is 0.300 e. The average molecular weight is 228 g/mol. The topological polar surface area (TPSA) is 44.1 Å². The lowest BCUT2D eigenvalue weighted by Crippen LogP contribution is -2.20. The van der Waals surface area contributed by atoms with Gasteiger partial charge in [0, 0.05) is 7.05 Å². The molecular weight excluding hydrogens is 216 g/mol. The fourth-order valence-corrected chi connectivity index (χ4v) is 1.50. The molecule has 0 aliphatic carbocycles. The van der Waals surface area contributed by atoms with Crippen LogP contribution in [0.4, 0.5) is 0 Å². The van der Waals surface area contributed by atoms with Crippen LogP contribution in [0.15, 0.2) is 29.1 Å². The Morgan fingerprint density at radius 2 is 2.18 bits per heavy atom. The number of aromatic nitrogens is 2. The summed E-state index contributed by atoms with van der Waals surface area (Å²) in [5.41, 5.74) is 0.519. The van der Waals surface area contributed by atoms with Crippen molar-refractivity contribution in [3.63, 3.8) is 0 Å². The minimum atomic E-state index is -0.116. The minimum absolute atomic E-state index is 0.116. The zero-order valence-corrected chi connectivity index (χ0v) is 9.73. The van der Waals surface area contributed by atoms with Gasteiger partial charge in [0.05, 0.1) is 10.9 Å². The molecule has 0 radical (unpaired) electrons. The van der Waals surface area contributed by atoms with Gasteiger partial charge in [-0.05, 0) is 19.1 Å². The molecular formula is C13H12N2O2. The molecule has 1 aromatic carbocycles. The van der Waals surface area contributed by atoms with Crippen LogP contribution in [0.2, 0.25) is 0 Å². The molecule has 4 nitrogen and oxygen atoms in total. The number of benzene rings is 1. The van der Waals surface area contributed by atoms with Crippen molar-refractivity contribution in [2.24, 2.45) is 7.05 Å². The summed E-state index contributed by atoms with van der Waals surface area (Å²) in [5.74, 6) is 5.48. The molecule has 0 fully saturated rings. The van der Waals surface area contributed by atoms with Crippen molar-refractivity contribution in [2.45, 2.75) is 6.92 Å². The third kappa shape index (κ3) is 2.13. The number of ether oxygens (including phenoxy) is 1. The van der Waals surface area contributed by atoms with Crippen LogP contribution >= 0.6 is 0 Å². The smallest absolute Gasteiger partial charge is 0.300 e. The monoisotopic (exact) mass is 228 g/mol. The first-order chi connectivity index (χ1) is 8.24. The SMILES string of the molecule is CC#CCOc1nc2ccccc2c(=O)n1C. The Morgan fingerprint density at radius 3 is 2.94 bits per heavy atom. The van der Waals surface area contributed by atoms with E-state index < -0.39 is 0 Å². The molecule has 0 N–H and O–H groups in total. The van der Waals surface area contributed by atoms with Crippen molar-refractivity contribution < 1.29 is 4.74 Å². The Hall–Kier alpha value is -2.28. The van der Waals surface area contributed by atoms with Crippen molar-refractivity contribution in [3.05, 3.63) is 34.6 Å². The summed E-state index contributed by atoms with van der Waals surface area (Å²) in [6, 6.07) is 7.48. The Morgan fingerprint density at radius 1 is 1.41 bits per heavy atom. The van der Waals surface area contributed by atoms with Crippen molar-refractivity contribution in [1.82, 2.24) is 9.55 Å². The van der Waals surface area contributed by atoms with Crippen molar-refractivity contribution in [3.8, 4) is 17.9 Å². The van der Waals surface area contributed by atoms with Crippen LogP contribution in [0.3, 0.4) is 0 Å². The van der Waals surface area contributed by atoms with E-state index >= 15 is 0 Å². The number of nitrogens with zero attached hydrogens (tertiary/aromatic N) is 2. The summed E-state index contributed by atoms with van der Waals surface area (Å²) in [4.78, 5) is 16.3. The Labute approximate surface area is 98.9 Å². The predicted octanol–water partition coefficient (Wildman–Crippen LogP) is 1.34. The second-order valence-corrected chi connectivity index (χ2v) is 3.49. The molecule has 1 aromatic heterocycles. The number of fused-ring (bicyclic) bond motifs is 1. The molecule has 86 valence electrons. The van der Waals surface area contributed by atoms with E-state index in [0.717, 1.165) is 0 Å². The minimum Gasteiger partial charge on any atom is -0.451 e. The van der Waals surface area contributed by atoms with E-state index in [-0.39, 0.29) is 18.2 Å². The molecule has 0 bridgehead atoms. The van der Waals surface area contributed by atoms with Crippen LogP contribution < -0.4 is 10.3 Å². The molecule has 4 heteroatoms. The second-order valence-electron chi connectivity index (χ2n) is 3.49. The molecule has 0 amide bonds. The van der Waals surface area contributed by atoms with E-state index in [0.29, 0.717) is 10.9 Å². The zero-order chi connectivity index (χ0) is 12.3. The van der Waals surface area contributed by atoms with E-state index in [1.54, 1.807) is 26.1 Å². The average Bonchev–Trinajstić information content (AvgIpc) is 2.35. The highest BCUT2D eigenvalue weighted by Gasteiger charge is 2.07. The van der Waals surface area contributed by atoms with Gasteiger partial charge in [0.15, 0.2) is 6.61 Å². The Bertz CT molecular complexity index is 662. The molecule has 1 heterocycles.